The van der Waals surface area contributed by atoms with Crippen LogP contribution in [0.5, 0.6) is 11.5 Å². The van der Waals surface area contributed by atoms with Crippen LogP contribution in [-0.4, -0.2) is 87.4 Å². The molecule has 1 saturated heterocycles. The highest BCUT2D eigenvalue weighted by Gasteiger charge is 2.20. The Balaban J connectivity index is 1.23. The Bertz CT molecular complexity index is 1420. The van der Waals surface area contributed by atoms with Gasteiger partial charge >= 0.3 is 0 Å². The van der Waals surface area contributed by atoms with Gasteiger partial charge in [0.2, 0.25) is 5.91 Å². The molecule has 4 heterocycles. The van der Waals surface area contributed by atoms with Gasteiger partial charge < -0.3 is 24.3 Å². The molecule has 0 unspecified atom stereocenters. The number of hydrogen-bond acceptors (Lipinski definition) is 7. The van der Waals surface area contributed by atoms with Crippen LogP contribution in [0.15, 0.2) is 42.9 Å². The standard InChI is InChI=1S/C29H37N7O3/c1-20(2)19-39-25-12-21(11-24(13-25)38-4)5-6-23-16-30-29-27(32-23)14-26(33-29)22-15-31-36(17-22)18-28(37)35-9-7-34(3)8-10-35/h11-17,20H,5-10,18-19H2,1-4H3,(H,30,33). The van der Waals surface area contributed by atoms with Crippen molar-refractivity contribution in [3.05, 3.63) is 54.1 Å². The number of carbonyl (C=O) groups is 1. The first kappa shape index (κ1) is 26.7. The molecule has 3 aromatic heterocycles. The highest BCUT2D eigenvalue weighted by atomic mass is 16.5. The van der Waals surface area contributed by atoms with E-state index >= 15 is 0 Å². The number of likely N-dealkylation sites (N-methyl/N-ethyl adjacent to an activating group) is 1. The molecule has 10 heteroatoms. The molecular weight excluding hydrogens is 494 g/mol. The minimum Gasteiger partial charge on any atom is -0.497 e. The quantitative estimate of drug-likeness (QED) is 0.335. The van der Waals surface area contributed by atoms with Crippen LogP contribution in [0.1, 0.15) is 25.1 Å². The van der Waals surface area contributed by atoms with Gasteiger partial charge in [0.05, 0.1) is 37.5 Å². The van der Waals surface area contributed by atoms with E-state index in [1.54, 1.807) is 18.0 Å². The molecule has 4 aromatic rings. The Morgan fingerprint density at radius 3 is 2.62 bits per heavy atom. The summed E-state index contributed by atoms with van der Waals surface area (Å²) in [5.74, 6) is 2.15. The first-order chi connectivity index (χ1) is 18.9. The van der Waals surface area contributed by atoms with Gasteiger partial charge in [0.25, 0.3) is 0 Å². The SMILES string of the molecule is COc1cc(CCc2cnc3[nH]c(-c4cnn(CC(=O)N5CCN(C)CC5)c4)cc3n2)cc(OCC(C)C)c1. The number of methoxy groups -OCH3 is 1. The Hall–Kier alpha value is -3.92. The molecule has 10 nitrogen and oxygen atoms in total. The van der Waals surface area contributed by atoms with Gasteiger partial charge in [-0.2, -0.15) is 5.10 Å². The highest BCUT2D eigenvalue weighted by molar-refractivity contribution is 5.79. The van der Waals surface area contributed by atoms with E-state index in [1.165, 1.54) is 0 Å². The zero-order valence-electron chi connectivity index (χ0n) is 23.2. The number of aryl methyl sites for hydroxylation is 2. The summed E-state index contributed by atoms with van der Waals surface area (Å²) < 4.78 is 13.1. The number of carbonyl (C=O) groups excluding carboxylic acids is 1. The Kier molecular flexibility index (Phi) is 8.11. The van der Waals surface area contributed by atoms with Crippen molar-refractivity contribution in [2.45, 2.75) is 33.2 Å². The number of hydrogen-bond donors (Lipinski definition) is 1. The van der Waals surface area contributed by atoms with E-state index in [0.29, 0.717) is 12.5 Å². The topological polar surface area (TPSA) is 101 Å². The lowest BCUT2D eigenvalue weighted by molar-refractivity contribution is -0.133. The molecule has 1 N–H and O–H groups in total. The van der Waals surface area contributed by atoms with Crippen molar-refractivity contribution in [2.75, 3.05) is 46.9 Å². The zero-order chi connectivity index (χ0) is 27.4. The molecule has 1 fully saturated rings. The summed E-state index contributed by atoms with van der Waals surface area (Å²) in [6.07, 6.45) is 7.01. The second-order valence-corrected chi connectivity index (χ2v) is 10.6. The monoisotopic (exact) mass is 531 g/mol. The molecule has 1 aromatic carbocycles. The van der Waals surface area contributed by atoms with E-state index in [0.717, 1.165) is 84.2 Å². The van der Waals surface area contributed by atoms with E-state index in [1.807, 2.05) is 35.5 Å². The number of fused-ring (bicyclic) bond motifs is 1. The first-order valence-electron chi connectivity index (χ1n) is 13.5. The number of nitrogens with zero attached hydrogens (tertiary/aromatic N) is 6. The molecule has 0 saturated carbocycles. The third kappa shape index (κ3) is 6.75. The fraction of sp³-hybridized carbons (Fsp3) is 0.448. The lowest BCUT2D eigenvalue weighted by atomic mass is 10.1. The maximum atomic E-state index is 12.7. The third-order valence-corrected chi connectivity index (χ3v) is 6.91. The molecule has 1 aliphatic rings. The van der Waals surface area contributed by atoms with Gasteiger partial charge in [-0.05, 0) is 49.6 Å². The van der Waals surface area contributed by atoms with Crippen LogP contribution in [0, 0.1) is 5.92 Å². The van der Waals surface area contributed by atoms with Crippen molar-refractivity contribution in [1.29, 1.82) is 0 Å². The maximum Gasteiger partial charge on any atom is 0.244 e. The molecule has 5 rings (SSSR count). The van der Waals surface area contributed by atoms with Crippen molar-refractivity contribution >= 4 is 17.1 Å². The molecule has 1 aliphatic heterocycles. The largest absolute Gasteiger partial charge is 0.497 e. The van der Waals surface area contributed by atoms with Crippen LogP contribution >= 0.6 is 0 Å². The number of benzene rings is 1. The molecule has 0 radical (unpaired) electrons. The highest BCUT2D eigenvalue weighted by Crippen LogP contribution is 2.25. The van der Waals surface area contributed by atoms with Crippen LogP contribution in [-0.2, 0) is 24.2 Å². The number of rotatable bonds is 10. The number of nitrogens with one attached hydrogen (secondary N) is 1. The summed E-state index contributed by atoms with van der Waals surface area (Å²) in [4.78, 5) is 29.6. The Morgan fingerprint density at radius 2 is 1.85 bits per heavy atom. The minimum absolute atomic E-state index is 0.0945. The molecule has 0 bridgehead atoms. The Morgan fingerprint density at radius 1 is 1.05 bits per heavy atom. The van der Waals surface area contributed by atoms with Gasteiger partial charge in [0.15, 0.2) is 5.65 Å². The fourth-order valence-corrected chi connectivity index (χ4v) is 4.61. The number of aromatic nitrogens is 5. The summed E-state index contributed by atoms with van der Waals surface area (Å²) in [6, 6.07) is 8.01. The van der Waals surface area contributed by atoms with Crippen molar-refractivity contribution in [3.63, 3.8) is 0 Å². The van der Waals surface area contributed by atoms with Gasteiger partial charge in [-0.3, -0.25) is 9.48 Å². The molecular formula is C29H37N7O3. The second-order valence-electron chi connectivity index (χ2n) is 10.6. The molecule has 39 heavy (non-hydrogen) atoms. The van der Waals surface area contributed by atoms with Crippen LogP contribution in [0.25, 0.3) is 22.4 Å². The summed E-state index contributed by atoms with van der Waals surface area (Å²) >= 11 is 0. The maximum absolute atomic E-state index is 12.7. The van der Waals surface area contributed by atoms with Crippen molar-refractivity contribution in [2.24, 2.45) is 5.92 Å². The number of aromatic amines is 1. The summed E-state index contributed by atoms with van der Waals surface area (Å²) in [5, 5.41) is 4.41. The van der Waals surface area contributed by atoms with Crippen LogP contribution in [0.3, 0.4) is 0 Å². The van der Waals surface area contributed by atoms with Gasteiger partial charge in [0.1, 0.15) is 23.6 Å². The molecule has 206 valence electrons. The average Bonchev–Trinajstić information content (AvgIpc) is 3.57. The molecule has 0 atom stereocenters. The van der Waals surface area contributed by atoms with E-state index in [2.05, 4.69) is 46.9 Å². The fourth-order valence-electron chi connectivity index (χ4n) is 4.61. The molecule has 0 aliphatic carbocycles. The number of ether oxygens (including phenoxy) is 2. The number of H-pyrrole nitrogens is 1. The van der Waals surface area contributed by atoms with E-state index in [9.17, 15) is 4.79 Å². The van der Waals surface area contributed by atoms with E-state index in [-0.39, 0.29) is 12.5 Å². The zero-order valence-corrected chi connectivity index (χ0v) is 23.2. The van der Waals surface area contributed by atoms with Crippen molar-refractivity contribution in [3.8, 4) is 22.8 Å². The van der Waals surface area contributed by atoms with E-state index in [4.69, 9.17) is 14.5 Å². The lowest BCUT2D eigenvalue weighted by Gasteiger charge is -2.32. The Labute approximate surface area is 228 Å². The van der Waals surface area contributed by atoms with Crippen molar-refractivity contribution < 1.29 is 14.3 Å². The second kappa shape index (κ2) is 11.9. The van der Waals surface area contributed by atoms with Gasteiger partial charge in [0, 0.05) is 44.0 Å². The number of piperazine rings is 1. The summed E-state index contributed by atoms with van der Waals surface area (Å²) in [5.41, 5.74) is 5.33. The van der Waals surface area contributed by atoms with Gasteiger partial charge in [-0.15, -0.1) is 0 Å². The van der Waals surface area contributed by atoms with Crippen LogP contribution in [0.2, 0.25) is 0 Å². The minimum atomic E-state index is 0.0945. The summed E-state index contributed by atoms with van der Waals surface area (Å²) in [7, 11) is 3.75. The van der Waals surface area contributed by atoms with Crippen LogP contribution < -0.4 is 9.47 Å². The van der Waals surface area contributed by atoms with Gasteiger partial charge in [-0.1, -0.05) is 13.8 Å². The predicted octanol–water partition coefficient (Wildman–Crippen LogP) is 3.42. The van der Waals surface area contributed by atoms with Crippen molar-refractivity contribution in [1.82, 2.24) is 34.5 Å². The number of amides is 1. The lowest BCUT2D eigenvalue weighted by Crippen LogP contribution is -2.48. The normalized spacial score (nSPS) is 14.3. The third-order valence-electron chi connectivity index (χ3n) is 6.91. The molecule has 0 spiro atoms. The summed E-state index contributed by atoms with van der Waals surface area (Å²) in [6.45, 7) is 8.48. The predicted molar refractivity (Wildman–Crippen MR) is 150 cm³/mol. The average molecular weight is 532 g/mol. The molecule has 1 amide bonds. The van der Waals surface area contributed by atoms with Crippen LogP contribution in [0.4, 0.5) is 0 Å². The van der Waals surface area contributed by atoms with E-state index < -0.39 is 0 Å². The first-order valence-corrected chi connectivity index (χ1v) is 13.5. The van der Waals surface area contributed by atoms with Gasteiger partial charge in [-0.25, -0.2) is 9.97 Å². The smallest absolute Gasteiger partial charge is 0.244 e.